The third-order valence-electron chi connectivity index (χ3n) is 7.26. The minimum absolute atomic E-state index is 0.0361. The van der Waals surface area contributed by atoms with E-state index in [2.05, 4.69) is 22.5 Å². The predicted molar refractivity (Wildman–Crippen MR) is 161 cm³/mol. The molecule has 1 fully saturated rings. The van der Waals surface area contributed by atoms with E-state index in [1.165, 1.54) is 32.4 Å². The van der Waals surface area contributed by atoms with Crippen LogP contribution in [-0.4, -0.2) is 101 Å². The van der Waals surface area contributed by atoms with Crippen LogP contribution in [0.2, 0.25) is 0 Å². The first-order valence-electron chi connectivity index (χ1n) is 13.9. The lowest BCUT2D eigenvalue weighted by molar-refractivity contribution is -0.140. The zero-order valence-electron chi connectivity index (χ0n) is 24.6. The Morgan fingerprint density at radius 2 is 1.93 bits per heavy atom. The summed E-state index contributed by atoms with van der Waals surface area (Å²) in [5.74, 6) is 5.92. The van der Waals surface area contributed by atoms with Gasteiger partial charge in [-0.25, -0.2) is 12.8 Å². The molecule has 3 atom stereocenters. The fraction of sp³-hybridized carbons (Fsp3) is 0.467. The molecule has 2 aromatic carbocycles. The van der Waals surface area contributed by atoms with Crippen LogP contribution in [0.5, 0.6) is 5.75 Å². The number of rotatable bonds is 11. The maximum Gasteiger partial charge on any atom is 0.406 e. The second-order valence-corrected chi connectivity index (χ2v) is 12.7. The first-order chi connectivity index (χ1) is 20.8. The number of halogens is 4. The first kappa shape index (κ1) is 33.4. The Bertz CT molecular complexity index is 1620. The van der Waals surface area contributed by atoms with Crippen molar-refractivity contribution in [3.05, 3.63) is 48.2 Å². The summed E-state index contributed by atoms with van der Waals surface area (Å²) >= 11 is 0. The second kappa shape index (κ2) is 14.1. The number of fused-ring (bicyclic) bond motifs is 1. The van der Waals surface area contributed by atoms with Crippen molar-refractivity contribution in [3.8, 4) is 17.6 Å². The highest BCUT2D eigenvalue weighted by Gasteiger charge is 2.32. The van der Waals surface area contributed by atoms with Crippen molar-refractivity contribution >= 4 is 32.1 Å². The number of ether oxygens (including phenoxy) is 2. The summed E-state index contributed by atoms with van der Waals surface area (Å²) in [6.07, 6.45) is -4.98. The number of piperidine rings is 1. The molecule has 0 saturated carbocycles. The molecule has 0 aliphatic carbocycles. The van der Waals surface area contributed by atoms with Crippen LogP contribution in [0.25, 0.3) is 10.9 Å². The van der Waals surface area contributed by atoms with Crippen molar-refractivity contribution in [1.82, 2.24) is 9.47 Å². The molecule has 0 amide bonds. The summed E-state index contributed by atoms with van der Waals surface area (Å²) in [6.45, 7) is -0.141. The molecular formula is C30H36F4N4O5S. The van der Waals surface area contributed by atoms with E-state index >= 15 is 4.39 Å². The molecular weight excluding hydrogens is 604 g/mol. The minimum Gasteiger partial charge on any atom is -0.495 e. The lowest BCUT2D eigenvalue weighted by Gasteiger charge is -2.36. The number of sulfone groups is 1. The standard InChI is InChI=1S/C30H36F4N4O5S/c1-42-18-21(39)16-37-13-11-26(24(31)17-37)36-25-7-4-8-28-23(25)14-20(38(28)19-30(32,33)34)6-5-12-35-27-10-9-22(44(3,40)41)15-29(27)43-2/h4,7-10,14-15,21,24,26,35-36,39H,11-13,16-19H2,1-3H3/t21?,24-,26-/m1/s1. The van der Waals surface area contributed by atoms with E-state index in [0.29, 0.717) is 35.2 Å². The Morgan fingerprint density at radius 1 is 1.16 bits per heavy atom. The zero-order chi connectivity index (χ0) is 32.1. The van der Waals surface area contributed by atoms with Crippen LogP contribution in [-0.2, 0) is 21.1 Å². The van der Waals surface area contributed by atoms with E-state index in [1.54, 1.807) is 24.3 Å². The molecule has 14 heteroatoms. The van der Waals surface area contributed by atoms with Crippen LogP contribution in [0.4, 0.5) is 28.9 Å². The van der Waals surface area contributed by atoms with E-state index < -0.39 is 40.9 Å². The van der Waals surface area contributed by atoms with Crippen LogP contribution in [0, 0.1) is 11.8 Å². The summed E-state index contributed by atoms with van der Waals surface area (Å²) in [6, 6.07) is 10.2. The van der Waals surface area contributed by atoms with E-state index in [4.69, 9.17) is 9.47 Å². The lowest BCUT2D eigenvalue weighted by Crippen LogP contribution is -2.50. The SMILES string of the molecule is COCC(O)CN1CC[C@@H](Nc2cccc3c2cc(C#CCNc2ccc(S(C)(=O)=O)cc2OC)n3CC(F)(F)F)[C@H](F)C1. The number of aliphatic hydroxyl groups is 1. The average Bonchev–Trinajstić information content (AvgIpc) is 3.28. The molecule has 1 unspecified atom stereocenters. The average molecular weight is 641 g/mol. The van der Waals surface area contributed by atoms with Crippen LogP contribution in [0.3, 0.4) is 0 Å². The molecule has 9 nitrogen and oxygen atoms in total. The van der Waals surface area contributed by atoms with Gasteiger partial charge >= 0.3 is 6.18 Å². The van der Waals surface area contributed by atoms with E-state index in [9.17, 15) is 26.7 Å². The molecule has 0 spiro atoms. The number of benzene rings is 2. The van der Waals surface area contributed by atoms with Gasteiger partial charge in [-0.2, -0.15) is 13.2 Å². The van der Waals surface area contributed by atoms with E-state index in [0.717, 1.165) is 10.8 Å². The number of nitrogens with zero attached hydrogens (tertiary/aromatic N) is 2. The van der Waals surface area contributed by atoms with Crippen LogP contribution >= 0.6 is 0 Å². The fourth-order valence-electron chi connectivity index (χ4n) is 5.22. The molecule has 3 aromatic rings. The molecule has 44 heavy (non-hydrogen) atoms. The van der Waals surface area contributed by atoms with Crippen LogP contribution in [0.1, 0.15) is 12.1 Å². The Kier molecular flexibility index (Phi) is 10.7. The molecule has 0 radical (unpaired) electrons. The molecule has 0 bridgehead atoms. The monoisotopic (exact) mass is 640 g/mol. The number of aromatic nitrogens is 1. The molecule has 3 N–H and O–H groups in total. The van der Waals surface area contributed by atoms with Crippen molar-refractivity contribution in [3.63, 3.8) is 0 Å². The zero-order valence-corrected chi connectivity index (χ0v) is 25.4. The van der Waals surface area contributed by atoms with E-state index in [-0.39, 0.29) is 42.6 Å². The smallest absolute Gasteiger partial charge is 0.406 e. The number of β-amino-alcohol motifs (C(OH)–C–C–N with tert-alkyl or cyclic N) is 1. The van der Waals surface area contributed by atoms with Crippen LogP contribution in [0.15, 0.2) is 47.4 Å². The predicted octanol–water partition coefficient (Wildman–Crippen LogP) is 3.91. The van der Waals surface area contributed by atoms with Crippen molar-refractivity contribution in [2.45, 2.75) is 42.4 Å². The van der Waals surface area contributed by atoms with Gasteiger partial charge in [0.2, 0.25) is 0 Å². The number of aliphatic hydroxyl groups excluding tert-OH is 1. The summed E-state index contributed by atoms with van der Waals surface area (Å²) < 4.78 is 90.9. The van der Waals surface area contributed by atoms with Gasteiger partial charge in [0, 0.05) is 50.1 Å². The van der Waals surface area contributed by atoms with Crippen molar-refractivity contribution in [1.29, 1.82) is 0 Å². The summed E-state index contributed by atoms with van der Waals surface area (Å²) in [4.78, 5) is 1.90. The Morgan fingerprint density at radius 3 is 2.59 bits per heavy atom. The topological polar surface area (TPSA) is 105 Å². The summed E-state index contributed by atoms with van der Waals surface area (Å²) in [5.41, 5.74) is 1.40. The molecule has 1 saturated heterocycles. The molecule has 2 heterocycles. The highest BCUT2D eigenvalue weighted by molar-refractivity contribution is 7.90. The molecule has 240 valence electrons. The lowest BCUT2D eigenvalue weighted by atomic mass is 10.0. The summed E-state index contributed by atoms with van der Waals surface area (Å²) in [5, 5.41) is 16.7. The van der Waals surface area contributed by atoms with Gasteiger partial charge in [0.25, 0.3) is 0 Å². The van der Waals surface area contributed by atoms with Crippen LogP contribution < -0.4 is 15.4 Å². The van der Waals surface area contributed by atoms with Gasteiger partial charge < -0.3 is 29.8 Å². The van der Waals surface area contributed by atoms with Gasteiger partial charge in [-0.05, 0) is 42.7 Å². The van der Waals surface area contributed by atoms with Gasteiger partial charge in [-0.1, -0.05) is 12.0 Å². The van der Waals surface area contributed by atoms with Gasteiger partial charge in [0.05, 0.1) is 54.2 Å². The number of hydrogen-bond donors (Lipinski definition) is 3. The second-order valence-electron chi connectivity index (χ2n) is 10.7. The third kappa shape index (κ3) is 8.56. The highest BCUT2D eigenvalue weighted by Crippen LogP contribution is 2.32. The number of hydrogen-bond acceptors (Lipinski definition) is 8. The van der Waals surface area contributed by atoms with Crippen molar-refractivity contribution < 1.29 is 40.6 Å². The number of likely N-dealkylation sites (tertiary alicyclic amines) is 1. The maximum atomic E-state index is 15.2. The Balaban J connectivity index is 1.54. The highest BCUT2D eigenvalue weighted by atomic mass is 32.2. The quantitative estimate of drug-likeness (QED) is 0.214. The number of anilines is 2. The van der Waals surface area contributed by atoms with Crippen molar-refractivity contribution in [2.75, 3.05) is 63.9 Å². The fourth-order valence-corrected chi connectivity index (χ4v) is 5.86. The van der Waals surface area contributed by atoms with Gasteiger partial charge in [-0.15, -0.1) is 0 Å². The Hall–Kier alpha value is -3.51. The Labute approximate surface area is 254 Å². The maximum absolute atomic E-state index is 15.2. The van der Waals surface area contributed by atoms with Gasteiger partial charge in [0.15, 0.2) is 9.84 Å². The van der Waals surface area contributed by atoms with Gasteiger partial charge in [0.1, 0.15) is 18.5 Å². The molecule has 1 aliphatic rings. The minimum atomic E-state index is -4.51. The number of alkyl halides is 4. The molecule has 4 rings (SSSR count). The molecule has 1 aromatic heterocycles. The van der Waals surface area contributed by atoms with E-state index in [1.807, 2.05) is 4.90 Å². The van der Waals surface area contributed by atoms with Gasteiger partial charge in [-0.3, -0.25) is 4.90 Å². The molecule has 1 aliphatic heterocycles. The first-order valence-corrected chi connectivity index (χ1v) is 15.8. The third-order valence-corrected chi connectivity index (χ3v) is 8.37. The number of methoxy groups -OCH3 is 2. The normalized spacial score (nSPS) is 18.5. The largest absolute Gasteiger partial charge is 0.495 e. The van der Waals surface area contributed by atoms with Crippen molar-refractivity contribution in [2.24, 2.45) is 0 Å². The summed E-state index contributed by atoms with van der Waals surface area (Å²) in [7, 11) is -0.571. The number of nitrogens with one attached hydrogen (secondary N) is 2.